The Hall–Kier alpha value is -4.10. The number of carbonyl (C=O) groups is 2. The lowest BCUT2D eigenvalue weighted by Crippen LogP contribution is -2.37. The quantitative estimate of drug-likeness (QED) is 0.304. The van der Waals surface area contributed by atoms with Gasteiger partial charge in [0, 0.05) is 52.4 Å². The van der Waals surface area contributed by atoms with E-state index >= 15 is 0 Å². The standard InChI is InChI=1S/C28H26ClN5O2/c1-3-6-26(36)31-20-11-15-21(16-12-20)33-27(18(2)35)32-34(22-13-9-19(29)10-14-22)28(33)24-17-30-25-8-5-4-7-23(24)25/h4-5,7-17,28,30H,3,6H2,1-2H3,(H,31,36). The average molecular weight is 500 g/mol. The van der Waals surface area contributed by atoms with E-state index in [1.807, 2.05) is 89.8 Å². The second-order valence-electron chi connectivity index (χ2n) is 8.68. The van der Waals surface area contributed by atoms with Gasteiger partial charge in [-0.15, -0.1) is 5.10 Å². The molecule has 0 bridgehead atoms. The predicted molar refractivity (Wildman–Crippen MR) is 146 cm³/mol. The van der Waals surface area contributed by atoms with E-state index in [1.165, 1.54) is 6.92 Å². The van der Waals surface area contributed by atoms with Crippen LogP contribution >= 0.6 is 11.6 Å². The van der Waals surface area contributed by atoms with Gasteiger partial charge in [-0.05, 0) is 61.0 Å². The number of carbonyl (C=O) groups excluding carboxylic acids is 2. The van der Waals surface area contributed by atoms with Crippen molar-refractivity contribution in [3.05, 3.63) is 89.6 Å². The fourth-order valence-electron chi connectivity index (χ4n) is 4.46. The van der Waals surface area contributed by atoms with Crippen molar-refractivity contribution in [3.63, 3.8) is 0 Å². The highest BCUT2D eigenvalue weighted by Gasteiger charge is 2.40. The first-order valence-electron chi connectivity index (χ1n) is 11.9. The van der Waals surface area contributed by atoms with Gasteiger partial charge in [-0.2, -0.15) is 0 Å². The predicted octanol–water partition coefficient (Wildman–Crippen LogP) is 6.49. The van der Waals surface area contributed by atoms with Gasteiger partial charge in [-0.25, -0.2) is 5.01 Å². The number of ketones is 1. The zero-order chi connectivity index (χ0) is 25.2. The van der Waals surface area contributed by atoms with E-state index in [0.29, 0.717) is 23.0 Å². The third-order valence-electron chi connectivity index (χ3n) is 6.12. The molecule has 0 radical (unpaired) electrons. The highest BCUT2D eigenvalue weighted by atomic mass is 35.5. The molecule has 0 fully saturated rings. The monoisotopic (exact) mass is 499 g/mol. The summed E-state index contributed by atoms with van der Waals surface area (Å²) in [6.07, 6.45) is 2.78. The lowest BCUT2D eigenvalue weighted by Gasteiger charge is -2.31. The minimum Gasteiger partial charge on any atom is -0.361 e. The van der Waals surface area contributed by atoms with Crippen molar-refractivity contribution in [2.45, 2.75) is 32.9 Å². The number of H-pyrrole nitrogens is 1. The van der Waals surface area contributed by atoms with Crippen molar-refractivity contribution in [2.75, 3.05) is 15.2 Å². The number of fused-ring (bicyclic) bond motifs is 1. The molecular formula is C28H26ClN5O2. The lowest BCUT2D eigenvalue weighted by molar-refractivity contribution is -0.116. The van der Waals surface area contributed by atoms with E-state index in [4.69, 9.17) is 16.7 Å². The van der Waals surface area contributed by atoms with E-state index in [-0.39, 0.29) is 11.7 Å². The number of amidine groups is 1. The maximum absolute atomic E-state index is 12.8. The topological polar surface area (TPSA) is 80.8 Å². The van der Waals surface area contributed by atoms with Gasteiger partial charge in [-0.1, -0.05) is 36.7 Å². The van der Waals surface area contributed by atoms with Gasteiger partial charge in [0.05, 0.1) is 5.69 Å². The van der Waals surface area contributed by atoms with Gasteiger partial charge in [0.25, 0.3) is 0 Å². The summed E-state index contributed by atoms with van der Waals surface area (Å²) in [5, 5.41) is 11.2. The number of Topliss-reactive ketones (excluding diaryl/α,β-unsaturated/α-hetero) is 1. The van der Waals surface area contributed by atoms with Gasteiger partial charge in [0.2, 0.25) is 5.91 Å². The maximum Gasteiger partial charge on any atom is 0.224 e. The molecule has 2 N–H and O–H groups in total. The van der Waals surface area contributed by atoms with Crippen LogP contribution in [0.4, 0.5) is 17.1 Å². The summed E-state index contributed by atoms with van der Waals surface area (Å²) in [6.45, 7) is 3.48. The smallest absolute Gasteiger partial charge is 0.224 e. The number of anilines is 3. The lowest BCUT2D eigenvalue weighted by atomic mass is 10.1. The van der Waals surface area contributed by atoms with Crippen molar-refractivity contribution in [2.24, 2.45) is 5.10 Å². The minimum absolute atomic E-state index is 0.0250. The number of amides is 1. The molecule has 1 aliphatic heterocycles. The van der Waals surface area contributed by atoms with Crippen molar-refractivity contribution in [1.29, 1.82) is 0 Å². The third-order valence-corrected chi connectivity index (χ3v) is 6.37. The third kappa shape index (κ3) is 4.45. The van der Waals surface area contributed by atoms with Crippen molar-refractivity contribution in [1.82, 2.24) is 4.98 Å². The second kappa shape index (κ2) is 9.87. The molecule has 3 aromatic carbocycles. The SMILES string of the molecule is CCCC(=O)Nc1ccc(N2C(C(C)=O)=NN(c3ccc(Cl)cc3)C2c2c[nH]c3ccccc23)cc1. The van der Waals surface area contributed by atoms with E-state index in [2.05, 4.69) is 16.4 Å². The molecule has 0 saturated heterocycles. The largest absolute Gasteiger partial charge is 0.361 e. The fourth-order valence-corrected chi connectivity index (χ4v) is 4.59. The number of benzene rings is 3. The number of hydrogen-bond donors (Lipinski definition) is 2. The van der Waals surface area contributed by atoms with E-state index in [1.54, 1.807) is 0 Å². The van der Waals surface area contributed by atoms with E-state index in [0.717, 1.165) is 34.3 Å². The van der Waals surface area contributed by atoms with Crippen LogP contribution in [0.3, 0.4) is 0 Å². The molecule has 182 valence electrons. The van der Waals surface area contributed by atoms with Crippen LogP contribution < -0.4 is 15.2 Å². The van der Waals surface area contributed by atoms with Gasteiger partial charge < -0.3 is 10.3 Å². The van der Waals surface area contributed by atoms with Crippen LogP contribution in [0.2, 0.25) is 5.02 Å². The van der Waals surface area contributed by atoms with Crippen LogP contribution in [-0.4, -0.2) is 22.5 Å². The normalized spacial score (nSPS) is 15.3. The summed E-state index contributed by atoms with van der Waals surface area (Å²) in [5.74, 6) is 0.141. The maximum atomic E-state index is 12.8. The Balaban J connectivity index is 1.62. The number of hydrogen-bond acceptors (Lipinski definition) is 5. The number of aromatic amines is 1. The Labute approximate surface area is 214 Å². The minimum atomic E-state index is -0.429. The summed E-state index contributed by atoms with van der Waals surface area (Å²) in [5.41, 5.74) is 4.26. The molecule has 5 rings (SSSR count). The molecule has 4 aromatic rings. The number of nitrogens with zero attached hydrogens (tertiary/aromatic N) is 3. The van der Waals surface area contributed by atoms with Crippen molar-refractivity contribution in [3.8, 4) is 0 Å². The van der Waals surface area contributed by atoms with Crippen LogP contribution in [0.25, 0.3) is 10.9 Å². The number of nitrogens with one attached hydrogen (secondary N) is 2. The average Bonchev–Trinajstić information content (AvgIpc) is 3.47. The molecule has 1 atom stereocenters. The molecule has 2 heterocycles. The van der Waals surface area contributed by atoms with Gasteiger partial charge in [0.1, 0.15) is 0 Å². The first-order chi connectivity index (χ1) is 17.5. The molecule has 1 aliphatic rings. The first-order valence-corrected chi connectivity index (χ1v) is 12.2. The first kappa shape index (κ1) is 23.6. The summed E-state index contributed by atoms with van der Waals surface area (Å²) in [6, 6.07) is 22.9. The Morgan fingerprint density at radius 1 is 1.00 bits per heavy atom. The Morgan fingerprint density at radius 2 is 1.69 bits per heavy atom. The van der Waals surface area contributed by atoms with E-state index in [9.17, 15) is 9.59 Å². The molecule has 8 heteroatoms. The Bertz CT molecular complexity index is 1440. The van der Waals surface area contributed by atoms with Crippen LogP contribution in [0.5, 0.6) is 0 Å². The number of halogens is 1. The molecule has 1 aromatic heterocycles. The highest BCUT2D eigenvalue weighted by Crippen LogP contribution is 2.41. The van der Waals surface area contributed by atoms with E-state index < -0.39 is 6.17 Å². The van der Waals surface area contributed by atoms with Gasteiger partial charge >= 0.3 is 0 Å². The summed E-state index contributed by atoms with van der Waals surface area (Å²) in [7, 11) is 0. The fraction of sp³-hybridized carbons (Fsp3) is 0.179. The molecular weight excluding hydrogens is 474 g/mol. The molecule has 7 nitrogen and oxygen atoms in total. The highest BCUT2D eigenvalue weighted by molar-refractivity contribution is 6.44. The zero-order valence-electron chi connectivity index (χ0n) is 20.0. The molecule has 1 unspecified atom stereocenters. The van der Waals surface area contributed by atoms with Crippen LogP contribution in [-0.2, 0) is 9.59 Å². The summed E-state index contributed by atoms with van der Waals surface area (Å²) < 4.78 is 0. The molecule has 0 spiro atoms. The molecule has 1 amide bonds. The van der Waals surface area contributed by atoms with Gasteiger partial charge in [0.15, 0.2) is 17.8 Å². The van der Waals surface area contributed by atoms with Gasteiger partial charge in [-0.3, -0.25) is 14.5 Å². The Kier molecular flexibility index (Phi) is 6.48. The molecule has 36 heavy (non-hydrogen) atoms. The summed E-state index contributed by atoms with van der Waals surface area (Å²) >= 11 is 6.15. The zero-order valence-corrected chi connectivity index (χ0v) is 20.8. The number of rotatable bonds is 7. The molecule has 0 aliphatic carbocycles. The van der Waals surface area contributed by atoms with Crippen LogP contribution in [0.1, 0.15) is 38.4 Å². The second-order valence-corrected chi connectivity index (χ2v) is 9.12. The number of aromatic nitrogens is 1. The summed E-state index contributed by atoms with van der Waals surface area (Å²) in [4.78, 5) is 30.2. The number of para-hydroxylation sites is 1. The van der Waals surface area contributed by atoms with Crippen molar-refractivity contribution < 1.29 is 9.59 Å². The van der Waals surface area contributed by atoms with Crippen LogP contribution in [0.15, 0.2) is 84.1 Å². The Morgan fingerprint density at radius 3 is 2.39 bits per heavy atom. The van der Waals surface area contributed by atoms with Crippen molar-refractivity contribution >= 4 is 57.1 Å². The van der Waals surface area contributed by atoms with Crippen LogP contribution in [0, 0.1) is 0 Å². The number of hydrazone groups is 1. The molecule has 0 saturated carbocycles.